The van der Waals surface area contributed by atoms with Crippen LogP contribution in [0.4, 0.5) is 11.6 Å². The summed E-state index contributed by atoms with van der Waals surface area (Å²) in [6.07, 6.45) is 0.304. The molecular formula is C9H14N4O2. The summed E-state index contributed by atoms with van der Waals surface area (Å²) in [5.41, 5.74) is 2.43. The Morgan fingerprint density at radius 1 is 1.53 bits per heavy atom. The van der Waals surface area contributed by atoms with Crippen molar-refractivity contribution in [3.05, 3.63) is 18.2 Å². The Morgan fingerprint density at radius 2 is 2.27 bits per heavy atom. The Hall–Kier alpha value is -1.82. The summed E-state index contributed by atoms with van der Waals surface area (Å²) in [7, 11) is 1.36. The van der Waals surface area contributed by atoms with E-state index in [1.807, 2.05) is 6.07 Å². The molecule has 1 aromatic rings. The molecule has 0 aliphatic heterocycles. The predicted molar refractivity (Wildman–Crippen MR) is 57.2 cm³/mol. The first kappa shape index (κ1) is 11.3. The standard InChI is InChI=1S/C9H14N4O2/c1-15-9(14)5-6-11-7-3-2-4-8(12-7)13-10/h2-4H,5-6,10H2,1H3,(H2,11,12,13). The summed E-state index contributed by atoms with van der Waals surface area (Å²) in [4.78, 5) is 14.9. The minimum Gasteiger partial charge on any atom is -0.469 e. The van der Waals surface area contributed by atoms with Gasteiger partial charge in [0.05, 0.1) is 13.5 Å². The first-order chi connectivity index (χ1) is 7.26. The number of nitrogen functional groups attached to an aromatic ring is 1. The van der Waals surface area contributed by atoms with Crippen molar-refractivity contribution in [3.63, 3.8) is 0 Å². The highest BCUT2D eigenvalue weighted by Crippen LogP contribution is 2.07. The van der Waals surface area contributed by atoms with Crippen LogP contribution in [0.3, 0.4) is 0 Å². The van der Waals surface area contributed by atoms with Crippen molar-refractivity contribution in [1.82, 2.24) is 4.98 Å². The quantitative estimate of drug-likeness (QED) is 0.369. The number of pyridine rings is 1. The lowest BCUT2D eigenvalue weighted by molar-refractivity contribution is -0.140. The fourth-order valence-electron chi connectivity index (χ4n) is 1.01. The monoisotopic (exact) mass is 210 g/mol. The maximum atomic E-state index is 10.8. The summed E-state index contributed by atoms with van der Waals surface area (Å²) >= 11 is 0. The maximum absolute atomic E-state index is 10.8. The van der Waals surface area contributed by atoms with Crippen molar-refractivity contribution in [3.8, 4) is 0 Å². The molecular weight excluding hydrogens is 196 g/mol. The number of hydrogen-bond acceptors (Lipinski definition) is 6. The van der Waals surface area contributed by atoms with E-state index in [2.05, 4.69) is 20.5 Å². The van der Waals surface area contributed by atoms with Crippen LogP contribution in [0.2, 0.25) is 0 Å². The Labute approximate surface area is 87.8 Å². The average Bonchev–Trinajstić information content (AvgIpc) is 2.29. The van der Waals surface area contributed by atoms with E-state index in [0.29, 0.717) is 24.6 Å². The van der Waals surface area contributed by atoms with Crippen LogP contribution in [0.25, 0.3) is 0 Å². The van der Waals surface area contributed by atoms with E-state index in [4.69, 9.17) is 5.84 Å². The number of anilines is 2. The second-order valence-electron chi connectivity index (χ2n) is 2.81. The van der Waals surface area contributed by atoms with Crippen molar-refractivity contribution >= 4 is 17.6 Å². The zero-order valence-corrected chi connectivity index (χ0v) is 8.49. The molecule has 1 rings (SSSR count). The molecule has 0 radical (unpaired) electrons. The minimum absolute atomic E-state index is 0.254. The third kappa shape index (κ3) is 3.82. The second kappa shape index (κ2) is 5.82. The van der Waals surface area contributed by atoms with E-state index in [9.17, 15) is 4.79 Å². The highest BCUT2D eigenvalue weighted by Gasteiger charge is 2.00. The molecule has 0 fully saturated rings. The minimum atomic E-state index is -0.254. The van der Waals surface area contributed by atoms with Gasteiger partial charge in [-0.15, -0.1) is 0 Å². The van der Waals surface area contributed by atoms with Gasteiger partial charge in [-0.1, -0.05) is 6.07 Å². The SMILES string of the molecule is COC(=O)CCNc1cccc(NN)n1. The molecule has 0 aliphatic rings. The van der Waals surface area contributed by atoms with Crippen LogP contribution in [0.15, 0.2) is 18.2 Å². The van der Waals surface area contributed by atoms with Gasteiger partial charge in [-0.05, 0) is 12.1 Å². The summed E-state index contributed by atoms with van der Waals surface area (Å²) in [6.45, 7) is 0.480. The van der Waals surface area contributed by atoms with Crippen LogP contribution in [0, 0.1) is 0 Å². The van der Waals surface area contributed by atoms with E-state index in [1.54, 1.807) is 12.1 Å². The van der Waals surface area contributed by atoms with Gasteiger partial charge < -0.3 is 15.5 Å². The number of nitrogens with zero attached hydrogens (tertiary/aromatic N) is 1. The molecule has 0 atom stereocenters. The molecule has 6 nitrogen and oxygen atoms in total. The lowest BCUT2D eigenvalue weighted by Crippen LogP contribution is -2.12. The molecule has 0 aromatic carbocycles. The van der Waals surface area contributed by atoms with E-state index < -0.39 is 0 Å². The van der Waals surface area contributed by atoms with Crippen molar-refractivity contribution < 1.29 is 9.53 Å². The van der Waals surface area contributed by atoms with Crippen molar-refractivity contribution in [2.24, 2.45) is 5.84 Å². The molecule has 0 bridgehead atoms. The van der Waals surface area contributed by atoms with E-state index in [1.165, 1.54) is 7.11 Å². The van der Waals surface area contributed by atoms with Gasteiger partial charge in [0.2, 0.25) is 0 Å². The number of carbonyl (C=O) groups excluding carboxylic acids is 1. The van der Waals surface area contributed by atoms with Crippen molar-refractivity contribution in [1.29, 1.82) is 0 Å². The van der Waals surface area contributed by atoms with Crippen LogP contribution in [0.5, 0.6) is 0 Å². The fraction of sp³-hybridized carbons (Fsp3) is 0.333. The topological polar surface area (TPSA) is 89.3 Å². The van der Waals surface area contributed by atoms with E-state index in [-0.39, 0.29) is 5.97 Å². The fourth-order valence-corrected chi connectivity index (χ4v) is 1.01. The van der Waals surface area contributed by atoms with Crippen LogP contribution in [-0.4, -0.2) is 24.6 Å². The van der Waals surface area contributed by atoms with Gasteiger partial charge in [-0.25, -0.2) is 10.8 Å². The highest BCUT2D eigenvalue weighted by molar-refractivity contribution is 5.69. The van der Waals surface area contributed by atoms with Gasteiger partial charge in [-0.3, -0.25) is 4.79 Å². The Bertz CT molecular complexity index is 330. The molecule has 1 aromatic heterocycles. The van der Waals surface area contributed by atoms with E-state index >= 15 is 0 Å². The molecule has 1 heterocycles. The molecule has 82 valence electrons. The third-order valence-electron chi connectivity index (χ3n) is 1.76. The molecule has 0 saturated carbocycles. The smallest absolute Gasteiger partial charge is 0.307 e. The number of nitrogens with one attached hydrogen (secondary N) is 2. The summed E-state index contributed by atoms with van der Waals surface area (Å²) in [5.74, 6) is 6.18. The highest BCUT2D eigenvalue weighted by atomic mass is 16.5. The molecule has 15 heavy (non-hydrogen) atoms. The van der Waals surface area contributed by atoms with E-state index in [0.717, 1.165) is 0 Å². The number of carbonyl (C=O) groups is 1. The van der Waals surface area contributed by atoms with Gasteiger partial charge in [0.1, 0.15) is 11.6 Å². The summed E-state index contributed by atoms with van der Waals surface area (Å²) < 4.78 is 4.50. The number of hydrazine groups is 1. The Morgan fingerprint density at radius 3 is 2.93 bits per heavy atom. The zero-order chi connectivity index (χ0) is 11.1. The lowest BCUT2D eigenvalue weighted by Gasteiger charge is -2.06. The van der Waals surface area contributed by atoms with Gasteiger partial charge in [0.15, 0.2) is 0 Å². The number of rotatable bonds is 5. The van der Waals surface area contributed by atoms with Crippen LogP contribution in [0.1, 0.15) is 6.42 Å². The molecule has 0 saturated heterocycles. The van der Waals surface area contributed by atoms with Crippen molar-refractivity contribution in [2.75, 3.05) is 24.4 Å². The number of ether oxygens (including phenoxy) is 1. The molecule has 4 N–H and O–H groups in total. The number of nitrogens with two attached hydrogens (primary N) is 1. The predicted octanol–water partition coefficient (Wildman–Crippen LogP) is 0.342. The van der Waals surface area contributed by atoms with Gasteiger partial charge >= 0.3 is 5.97 Å². The summed E-state index contributed by atoms with van der Waals surface area (Å²) in [6, 6.07) is 5.34. The average molecular weight is 210 g/mol. The summed E-state index contributed by atoms with van der Waals surface area (Å²) in [5, 5.41) is 2.98. The van der Waals surface area contributed by atoms with Crippen LogP contribution >= 0.6 is 0 Å². The molecule has 6 heteroatoms. The molecule has 0 unspecified atom stereocenters. The van der Waals surface area contributed by atoms with Crippen LogP contribution < -0.4 is 16.6 Å². The second-order valence-corrected chi connectivity index (χ2v) is 2.81. The molecule has 0 spiro atoms. The maximum Gasteiger partial charge on any atom is 0.307 e. The number of methoxy groups -OCH3 is 1. The van der Waals surface area contributed by atoms with Gasteiger partial charge in [0, 0.05) is 6.54 Å². The third-order valence-corrected chi connectivity index (χ3v) is 1.76. The Kier molecular flexibility index (Phi) is 4.36. The molecule has 0 aliphatic carbocycles. The zero-order valence-electron chi connectivity index (χ0n) is 8.49. The number of esters is 1. The normalized spacial score (nSPS) is 9.47. The molecule has 0 amide bonds. The number of aromatic nitrogens is 1. The Balaban J connectivity index is 2.40. The first-order valence-electron chi connectivity index (χ1n) is 4.50. The van der Waals surface area contributed by atoms with Gasteiger partial charge in [-0.2, -0.15) is 0 Å². The lowest BCUT2D eigenvalue weighted by atomic mass is 10.4. The largest absolute Gasteiger partial charge is 0.469 e. The van der Waals surface area contributed by atoms with Crippen molar-refractivity contribution in [2.45, 2.75) is 6.42 Å². The number of hydrogen-bond donors (Lipinski definition) is 3. The first-order valence-corrected chi connectivity index (χ1v) is 4.50. The van der Waals surface area contributed by atoms with Gasteiger partial charge in [0.25, 0.3) is 0 Å². The van der Waals surface area contributed by atoms with Crippen LogP contribution in [-0.2, 0) is 9.53 Å².